The Morgan fingerprint density at radius 2 is 1.90 bits per heavy atom. The zero-order valence-corrected chi connectivity index (χ0v) is 13.1. The van der Waals surface area contributed by atoms with Crippen LogP contribution < -0.4 is 10.1 Å². The Morgan fingerprint density at radius 3 is 2.45 bits per heavy atom. The highest BCUT2D eigenvalue weighted by Gasteiger charge is 2.07. The summed E-state index contributed by atoms with van der Waals surface area (Å²) in [6.07, 6.45) is 0. The van der Waals surface area contributed by atoms with Crippen LogP contribution in [0.4, 0.5) is 5.69 Å². The van der Waals surface area contributed by atoms with Crippen LogP contribution in [0, 0.1) is 20.8 Å². The Morgan fingerprint density at radius 1 is 1.15 bits per heavy atom. The zero-order chi connectivity index (χ0) is 14.7. The summed E-state index contributed by atoms with van der Waals surface area (Å²) >= 11 is 0. The second-order valence-corrected chi connectivity index (χ2v) is 5.18. The van der Waals surface area contributed by atoms with Gasteiger partial charge in [-0.15, -0.1) is 0 Å². The van der Waals surface area contributed by atoms with Crippen LogP contribution in [0.2, 0.25) is 0 Å². The predicted molar refractivity (Wildman–Crippen MR) is 84.6 cm³/mol. The number of hydrogen-bond acceptors (Lipinski definition) is 2. The standard InChI is InChI=1S/C17H24N2O/c1-6-19-13(3)10-15(14(19)4)11-18-16-7-8-17(20-5)12(2)9-16/h7-10,18H,6,11H2,1-5H3. The summed E-state index contributed by atoms with van der Waals surface area (Å²) in [6, 6.07) is 8.46. The van der Waals surface area contributed by atoms with Gasteiger partial charge in [-0.1, -0.05) is 0 Å². The van der Waals surface area contributed by atoms with E-state index in [1.165, 1.54) is 17.0 Å². The van der Waals surface area contributed by atoms with Crippen LogP contribution in [-0.2, 0) is 13.1 Å². The molecule has 108 valence electrons. The second-order valence-electron chi connectivity index (χ2n) is 5.18. The van der Waals surface area contributed by atoms with E-state index in [1.807, 2.05) is 6.07 Å². The van der Waals surface area contributed by atoms with Crippen molar-refractivity contribution in [3.05, 3.63) is 46.8 Å². The van der Waals surface area contributed by atoms with E-state index >= 15 is 0 Å². The fourth-order valence-corrected chi connectivity index (χ4v) is 2.72. The van der Waals surface area contributed by atoms with Crippen LogP contribution in [0.3, 0.4) is 0 Å². The van der Waals surface area contributed by atoms with Crippen molar-refractivity contribution in [1.82, 2.24) is 4.57 Å². The Kier molecular flexibility index (Phi) is 4.38. The molecule has 2 rings (SSSR count). The largest absolute Gasteiger partial charge is 0.496 e. The van der Waals surface area contributed by atoms with Crippen LogP contribution in [0.1, 0.15) is 29.4 Å². The Labute approximate surface area is 121 Å². The molecule has 1 heterocycles. The van der Waals surface area contributed by atoms with Crippen LogP contribution >= 0.6 is 0 Å². The summed E-state index contributed by atoms with van der Waals surface area (Å²) in [4.78, 5) is 0. The average Bonchev–Trinajstić information content (AvgIpc) is 2.70. The molecule has 1 aromatic carbocycles. The van der Waals surface area contributed by atoms with Gasteiger partial charge < -0.3 is 14.6 Å². The molecule has 0 bridgehead atoms. The summed E-state index contributed by atoms with van der Waals surface area (Å²) in [6.45, 7) is 10.5. The van der Waals surface area contributed by atoms with Crippen LogP contribution in [0.25, 0.3) is 0 Å². The van der Waals surface area contributed by atoms with Crippen molar-refractivity contribution in [3.63, 3.8) is 0 Å². The molecule has 0 amide bonds. The lowest BCUT2D eigenvalue weighted by molar-refractivity contribution is 0.412. The first-order valence-electron chi connectivity index (χ1n) is 7.11. The first kappa shape index (κ1) is 14.5. The van der Waals surface area contributed by atoms with Crippen LogP contribution in [0.5, 0.6) is 5.75 Å². The average molecular weight is 272 g/mol. The van der Waals surface area contributed by atoms with Crippen molar-refractivity contribution in [2.24, 2.45) is 0 Å². The topological polar surface area (TPSA) is 26.2 Å². The first-order valence-corrected chi connectivity index (χ1v) is 7.11. The minimum Gasteiger partial charge on any atom is -0.496 e. The molecular formula is C17H24N2O. The minimum atomic E-state index is 0.853. The number of ether oxygens (including phenoxy) is 1. The van der Waals surface area contributed by atoms with E-state index in [9.17, 15) is 0 Å². The number of aryl methyl sites for hydroxylation is 2. The van der Waals surface area contributed by atoms with E-state index in [-0.39, 0.29) is 0 Å². The number of anilines is 1. The van der Waals surface area contributed by atoms with Gasteiger partial charge in [0.1, 0.15) is 5.75 Å². The van der Waals surface area contributed by atoms with Gasteiger partial charge in [0.2, 0.25) is 0 Å². The molecule has 0 aliphatic carbocycles. The fourth-order valence-electron chi connectivity index (χ4n) is 2.72. The molecule has 1 N–H and O–H groups in total. The van der Waals surface area contributed by atoms with Gasteiger partial charge in [0, 0.05) is 30.2 Å². The van der Waals surface area contributed by atoms with Gasteiger partial charge in [-0.2, -0.15) is 0 Å². The van der Waals surface area contributed by atoms with Crippen molar-refractivity contribution in [2.75, 3.05) is 12.4 Å². The molecule has 1 aromatic heterocycles. The molecule has 0 aliphatic heterocycles. The molecule has 0 atom stereocenters. The number of aromatic nitrogens is 1. The first-order chi connectivity index (χ1) is 9.56. The lowest BCUT2D eigenvalue weighted by atomic mass is 10.2. The molecule has 0 aliphatic rings. The molecule has 3 heteroatoms. The smallest absolute Gasteiger partial charge is 0.121 e. The summed E-state index contributed by atoms with van der Waals surface area (Å²) in [5, 5.41) is 3.49. The molecule has 0 radical (unpaired) electrons. The van der Waals surface area contributed by atoms with Gasteiger partial charge in [-0.3, -0.25) is 0 Å². The van der Waals surface area contributed by atoms with Gasteiger partial charge in [0.05, 0.1) is 7.11 Å². The van der Waals surface area contributed by atoms with E-state index in [0.29, 0.717) is 0 Å². The van der Waals surface area contributed by atoms with Crippen LogP contribution in [-0.4, -0.2) is 11.7 Å². The summed E-state index contributed by atoms with van der Waals surface area (Å²) in [5.74, 6) is 0.930. The van der Waals surface area contributed by atoms with Crippen molar-refractivity contribution >= 4 is 5.69 Å². The highest BCUT2D eigenvalue weighted by molar-refractivity contribution is 5.51. The Hall–Kier alpha value is -1.90. The molecule has 3 nitrogen and oxygen atoms in total. The lowest BCUT2D eigenvalue weighted by Gasteiger charge is -2.10. The third-order valence-corrected chi connectivity index (χ3v) is 3.87. The number of hydrogen-bond donors (Lipinski definition) is 1. The van der Waals surface area contributed by atoms with Gasteiger partial charge in [-0.25, -0.2) is 0 Å². The molecule has 0 saturated carbocycles. The minimum absolute atomic E-state index is 0.853. The second kappa shape index (κ2) is 6.04. The van der Waals surface area contributed by atoms with Crippen LogP contribution in [0.15, 0.2) is 24.3 Å². The van der Waals surface area contributed by atoms with Gasteiger partial charge in [0.25, 0.3) is 0 Å². The molecule has 0 saturated heterocycles. The van der Waals surface area contributed by atoms with E-state index < -0.39 is 0 Å². The van der Waals surface area contributed by atoms with Gasteiger partial charge >= 0.3 is 0 Å². The van der Waals surface area contributed by atoms with E-state index in [4.69, 9.17) is 4.74 Å². The predicted octanol–water partition coefficient (Wildman–Crippen LogP) is 4.05. The maximum Gasteiger partial charge on any atom is 0.121 e. The third kappa shape index (κ3) is 2.82. The lowest BCUT2D eigenvalue weighted by Crippen LogP contribution is -2.03. The molecular weight excluding hydrogens is 248 g/mol. The van der Waals surface area contributed by atoms with E-state index in [0.717, 1.165) is 30.1 Å². The number of nitrogens with one attached hydrogen (secondary N) is 1. The van der Waals surface area contributed by atoms with Crippen molar-refractivity contribution in [2.45, 2.75) is 40.8 Å². The highest BCUT2D eigenvalue weighted by atomic mass is 16.5. The van der Waals surface area contributed by atoms with Crippen molar-refractivity contribution in [1.29, 1.82) is 0 Å². The van der Waals surface area contributed by atoms with E-state index in [1.54, 1.807) is 7.11 Å². The summed E-state index contributed by atoms with van der Waals surface area (Å²) in [5.41, 5.74) is 6.31. The fraction of sp³-hybridized carbons (Fsp3) is 0.412. The molecule has 2 aromatic rings. The van der Waals surface area contributed by atoms with Gasteiger partial charge in [0.15, 0.2) is 0 Å². The monoisotopic (exact) mass is 272 g/mol. The molecule has 0 spiro atoms. The van der Waals surface area contributed by atoms with E-state index in [2.05, 4.69) is 55.8 Å². The number of methoxy groups -OCH3 is 1. The maximum atomic E-state index is 5.28. The Balaban J connectivity index is 2.11. The maximum absolute atomic E-state index is 5.28. The van der Waals surface area contributed by atoms with Crippen molar-refractivity contribution in [3.8, 4) is 5.75 Å². The summed E-state index contributed by atoms with van der Waals surface area (Å²) < 4.78 is 7.63. The molecule has 0 fully saturated rings. The van der Waals surface area contributed by atoms with Gasteiger partial charge in [-0.05, 0) is 63.1 Å². The zero-order valence-electron chi connectivity index (χ0n) is 13.1. The summed E-state index contributed by atoms with van der Waals surface area (Å²) in [7, 11) is 1.70. The number of rotatable bonds is 5. The highest BCUT2D eigenvalue weighted by Crippen LogP contribution is 2.22. The normalized spacial score (nSPS) is 10.7. The number of benzene rings is 1. The number of nitrogens with zero attached hydrogens (tertiary/aromatic N) is 1. The SMILES string of the molecule is CCn1c(C)cc(CNc2ccc(OC)c(C)c2)c1C. The molecule has 20 heavy (non-hydrogen) atoms. The Bertz CT molecular complexity index is 599. The van der Waals surface area contributed by atoms with Crippen molar-refractivity contribution < 1.29 is 4.74 Å². The third-order valence-electron chi connectivity index (χ3n) is 3.87. The molecule has 0 unspecified atom stereocenters. The quantitative estimate of drug-likeness (QED) is 0.888.